The summed E-state index contributed by atoms with van der Waals surface area (Å²) in [7, 11) is 0. The monoisotopic (exact) mass is 506 g/mol. The Hall–Kier alpha value is -2.65. The fraction of sp³-hybridized carbons (Fsp3) is 0.227. The van der Waals surface area contributed by atoms with Crippen LogP contribution in [-0.2, 0) is 9.59 Å². The second kappa shape index (κ2) is 10.1. The molecule has 1 heterocycles. The second-order valence-electron chi connectivity index (χ2n) is 6.99. The highest BCUT2D eigenvalue weighted by Gasteiger charge is 2.36. The predicted octanol–water partition coefficient (Wildman–Crippen LogP) is 5.44. The number of amides is 3. The van der Waals surface area contributed by atoms with Gasteiger partial charge in [0.2, 0.25) is 5.91 Å². The summed E-state index contributed by atoms with van der Waals surface area (Å²) >= 11 is 4.35. The largest absolute Gasteiger partial charge is 0.492 e. The summed E-state index contributed by atoms with van der Waals surface area (Å²) in [5.74, 6) is -0.374. The number of thioether (sulfide) groups is 1. The van der Waals surface area contributed by atoms with Crippen LogP contribution in [0.2, 0.25) is 0 Å². The Kier molecular flexibility index (Phi) is 7.50. The minimum absolute atomic E-state index is 0.119. The van der Waals surface area contributed by atoms with Crippen molar-refractivity contribution >= 4 is 56.5 Å². The summed E-state index contributed by atoms with van der Waals surface area (Å²) < 4.78 is 19.2. The zero-order valence-electron chi connectivity index (χ0n) is 16.9. The van der Waals surface area contributed by atoms with Gasteiger partial charge in [-0.25, -0.2) is 4.39 Å². The van der Waals surface area contributed by atoms with E-state index in [-0.39, 0.29) is 41.9 Å². The first-order chi connectivity index (χ1) is 14.7. The van der Waals surface area contributed by atoms with Crippen molar-refractivity contribution in [2.45, 2.75) is 26.3 Å². The van der Waals surface area contributed by atoms with Crippen molar-refractivity contribution in [3.05, 3.63) is 63.2 Å². The molecule has 1 saturated heterocycles. The molecule has 1 aliphatic rings. The summed E-state index contributed by atoms with van der Waals surface area (Å²) in [5, 5.41) is 2.39. The minimum atomic E-state index is -0.370. The van der Waals surface area contributed by atoms with E-state index < -0.39 is 0 Å². The normalized spacial score (nSPS) is 15.1. The van der Waals surface area contributed by atoms with Gasteiger partial charge in [-0.3, -0.25) is 19.3 Å². The van der Waals surface area contributed by atoms with Gasteiger partial charge >= 0.3 is 0 Å². The molecular formula is C22H20BrFN2O4S. The van der Waals surface area contributed by atoms with Gasteiger partial charge in [0.05, 0.1) is 22.4 Å². The van der Waals surface area contributed by atoms with Crippen molar-refractivity contribution in [3.63, 3.8) is 0 Å². The van der Waals surface area contributed by atoms with Crippen LogP contribution in [0.3, 0.4) is 0 Å². The van der Waals surface area contributed by atoms with Gasteiger partial charge < -0.3 is 10.1 Å². The molecule has 0 spiro atoms. The molecule has 0 aromatic heterocycles. The Morgan fingerprint density at radius 3 is 2.55 bits per heavy atom. The van der Waals surface area contributed by atoms with Crippen LogP contribution in [-0.4, -0.2) is 34.6 Å². The molecule has 1 N–H and O–H groups in total. The third kappa shape index (κ3) is 5.95. The van der Waals surface area contributed by atoms with Gasteiger partial charge in [-0.2, -0.15) is 0 Å². The maximum Gasteiger partial charge on any atom is 0.293 e. The summed E-state index contributed by atoms with van der Waals surface area (Å²) in [6, 6.07) is 10.6. The molecule has 2 aromatic rings. The van der Waals surface area contributed by atoms with Gasteiger partial charge in [-0.1, -0.05) is 6.07 Å². The summed E-state index contributed by atoms with van der Waals surface area (Å²) in [6.07, 6.45) is 1.78. The molecule has 31 heavy (non-hydrogen) atoms. The lowest BCUT2D eigenvalue weighted by Crippen LogP contribution is -2.34. The number of carbonyl (C=O) groups is 3. The third-order valence-corrected chi connectivity index (χ3v) is 5.81. The first-order valence-corrected chi connectivity index (χ1v) is 11.1. The molecule has 1 aliphatic heterocycles. The minimum Gasteiger partial charge on any atom is -0.492 e. The molecule has 6 nitrogen and oxygen atoms in total. The van der Waals surface area contributed by atoms with Gasteiger partial charge in [-0.05, 0) is 89.6 Å². The van der Waals surface area contributed by atoms with E-state index in [4.69, 9.17) is 4.74 Å². The van der Waals surface area contributed by atoms with Crippen molar-refractivity contribution in [2.24, 2.45) is 0 Å². The molecule has 0 radical (unpaired) electrons. The van der Waals surface area contributed by atoms with Crippen LogP contribution < -0.4 is 10.1 Å². The topological polar surface area (TPSA) is 75.7 Å². The first-order valence-electron chi connectivity index (χ1n) is 9.49. The molecule has 3 rings (SSSR count). The molecule has 0 atom stereocenters. The highest BCUT2D eigenvalue weighted by atomic mass is 79.9. The molecule has 9 heteroatoms. The third-order valence-electron chi connectivity index (χ3n) is 4.31. The van der Waals surface area contributed by atoms with E-state index in [9.17, 15) is 18.8 Å². The highest BCUT2D eigenvalue weighted by molar-refractivity contribution is 9.10. The number of hydrogen-bond donors (Lipinski definition) is 1. The Labute approximate surface area is 192 Å². The number of halogens is 2. The van der Waals surface area contributed by atoms with Gasteiger partial charge in [0.25, 0.3) is 11.1 Å². The van der Waals surface area contributed by atoms with E-state index in [0.29, 0.717) is 20.8 Å². The maximum atomic E-state index is 12.9. The van der Waals surface area contributed by atoms with E-state index in [1.165, 1.54) is 29.2 Å². The molecule has 0 saturated carbocycles. The number of rotatable bonds is 7. The standard InChI is InChI=1S/C22H20BrFN2O4S/c1-13(2)26-21(28)19(31-22(26)29)12-14-3-8-18(17(23)11-14)30-10-9-20(27)25-16-6-4-15(24)5-7-16/h3-8,11-13H,9-10H2,1-2H3,(H,25,27)/b19-12+. The number of ether oxygens (including phenoxy) is 1. The predicted molar refractivity (Wildman–Crippen MR) is 122 cm³/mol. The summed E-state index contributed by atoms with van der Waals surface area (Å²) in [6.45, 7) is 3.74. The van der Waals surface area contributed by atoms with E-state index in [1.54, 1.807) is 38.1 Å². The van der Waals surface area contributed by atoms with Crippen LogP contribution in [0.15, 0.2) is 51.8 Å². The van der Waals surface area contributed by atoms with Crippen LogP contribution in [0.5, 0.6) is 5.75 Å². The van der Waals surface area contributed by atoms with Crippen molar-refractivity contribution in [1.82, 2.24) is 4.90 Å². The number of nitrogens with one attached hydrogen (secondary N) is 1. The number of nitrogens with zero attached hydrogens (tertiary/aromatic N) is 1. The van der Waals surface area contributed by atoms with E-state index in [0.717, 1.165) is 17.3 Å². The van der Waals surface area contributed by atoms with E-state index in [1.807, 2.05) is 0 Å². The molecule has 0 bridgehead atoms. The number of hydrogen-bond acceptors (Lipinski definition) is 5. The average molecular weight is 507 g/mol. The quantitative estimate of drug-likeness (QED) is 0.506. The lowest BCUT2D eigenvalue weighted by molar-refractivity contribution is -0.123. The molecular weight excluding hydrogens is 487 g/mol. The van der Waals surface area contributed by atoms with Crippen molar-refractivity contribution in [1.29, 1.82) is 0 Å². The first kappa shape index (κ1) is 23.0. The van der Waals surface area contributed by atoms with Crippen molar-refractivity contribution in [3.8, 4) is 5.75 Å². The van der Waals surface area contributed by atoms with Crippen molar-refractivity contribution < 1.29 is 23.5 Å². The Balaban J connectivity index is 1.56. The fourth-order valence-corrected chi connectivity index (χ4v) is 4.28. The van der Waals surface area contributed by atoms with Crippen LogP contribution in [0, 0.1) is 5.82 Å². The Morgan fingerprint density at radius 1 is 1.23 bits per heavy atom. The van der Waals surface area contributed by atoms with Crippen LogP contribution in [0.25, 0.3) is 6.08 Å². The van der Waals surface area contributed by atoms with Crippen LogP contribution in [0.4, 0.5) is 14.9 Å². The number of carbonyl (C=O) groups excluding carboxylic acids is 3. The SMILES string of the molecule is CC(C)N1C(=O)S/C(=C/c2ccc(OCCC(=O)Nc3ccc(F)cc3)c(Br)c2)C1=O. The van der Waals surface area contributed by atoms with Crippen LogP contribution in [0.1, 0.15) is 25.8 Å². The van der Waals surface area contributed by atoms with E-state index >= 15 is 0 Å². The zero-order chi connectivity index (χ0) is 22.5. The fourth-order valence-electron chi connectivity index (χ4n) is 2.81. The maximum absolute atomic E-state index is 12.9. The lowest BCUT2D eigenvalue weighted by atomic mass is 10.2. The number of benzene rings is 2. The molecule has 0 aliphatic carbocycles. The molecule has 162 valence electrons. The Bertz CT molecular complexity index is 1040. The van der Waals surface area contributed by atoms with Gasteiger partial charge in [0.1, 0.15) is 11.6 Å². The van der Waals surface area contributed by atoms with Gasteiger partial charge in [0, 0.05) is 11.7 Å². The van der Waals surface area contributed by atoms with Crippen molar-refractivity contribution in [2.75, 3.05) is 11.9 Å². The molecule has 0 unspecified atom stereocenters. The highest BCUT2D eigenvalue weighted by Crippen LogP contribution is 2.34. The van der Waals surface area contributed by atoms with E-state index in [2.05, 4.69) is 21.2 Å². The summed E-state index contributed by atoms with van der Waals surface area (Å²) in [5.41, 5.74) is 1.25. The number of anilines is 1. The molecule has 3 amide bonds. The zero-order valence-corrected chi connectivity index (χ0v) is 19.3. The van der Waals surface area contributed by atoms with Gasteiger partial charge in [0.15, 0.2) is 0 Å². The number of imide groups is 1. The average Bonchev–Trinajstić information content (AvgIpc) is 2.98. The smallest absolute Gasteiger partial charge is 0.293 e. The second-order valence-corrected chi connectivity index (χ2v) is 8.84. The van der Waals surface area contributed by atoms with Gasteiger partial charge in [-0.15, -0.1) is 0 Å². The lowest BCUT2D eigenvalue weighted by Gasteiger charge is -2.16. The molecule has 1 fully saturated rings. The Morgan fingerprint density at radius 2 is 1.94 bits per heavy atom. The van der Waals surface area contributed by atoms with Crippen LogP contribution >= 0.6 is 27.7 Å². The summed E-state index contributed by atoms with van der Waals surface area (Å²) in [4.78, 5) is 38.0. The molecule has 2 aromatic carbocycles.